The molecule has 1 heterocycles. The summed E-state index contributed by atoms with van der Waals surface area (Å²) >= 11 is 0. The highest BCUT2D eigenvalue weighted by atomic mass is 16.6. The minimum absolute atomic E-state index is 0.00696. The maximum Gasteiger partial charge on any atom is 0.407 e. The van der Waals surface area contributed by atoms with Gasteiger partial charge in [0.05, 0.1) is 18.8 Å². The van der Waals surface area contributed by atoms with Gasteiger partial charge < -0.3 is 19.9 Å². The summed E-state index contributed by atoms with van der Waals surface area (Å²) in [6.45, 7) is 1.12. The lowest BCUT2D eigenvalue weighted by molar-refractivity contribution is -0.0810. The van der Waals surface area contributed by atoms with E-state index in [0.29, 0.717) is 19.6 Å². The molecule has 0 radical (unpaired) electrons. The van der Waals surface area contributed by atoms with E-state index in [4.69, 9.17) is 14.6 Å². The van der Waals surface area contributed by atoms with Crippen molar-refractivity contribution in [2.24, 2.45) is 0 Å². The Morgan fingerprint density at radius 3 is 2.24 bits per heavy atom. The molecule has 1 amide bonds. The van der Waals surface area contributed by atoms with Crippen molar-refractivity contribution < 1.29 is 19.4 Å². The fourth-order valence-electron chi connectivity index (χ4n) is 3.69. The van der Waals surface area contributed by atoms with Crippen molar-refractivity contribution in [1.82, 2.24) is 5.32 Å². The average Bonchev–Trinajstić information content (AvgIpc) is 2.92. The van der Waals surface area contributed by atoms with Crippen molar-refractivity contribution >= 4 is 6.09 Å². The van der Waals surface area contributed by atoms with Crippen LogP contribution in [0.5, 0.6) is 0 Å². The van der Waals surface area contributed by atoms with E-state index in [0.717, 1.165) is 0 Å². The molecule has 0 aromatic heterocycles. The first kappa shape index (κ1) is 16.1. The minimum Gasteiger partial charge on any atom is -0.449 e. The number of rotatable bonds is 5. The first-order valence-electron chi connectivity index (χ1n) is 8.54. The number of aliphatic hydroxyl groups excluding tert-OH is 1. The fourth-order valence-corrected chi connectivity index (χ4v) is 3.69. The number of ether oxygens (including phenoxy) is 2. The number of benzene rings is 2. The van der Waals surface area contributed by atoms with Crippen LogP contribution in [0.25, 0.3) is 11.1 Å². The van der Waals surface area contributed by atoms with E-state index in [9.17, 15) is 4.79 Å². The molecule has 2 aromatic carbocycles. The van der Waals surface area contributed by atoms with E-state index >= 15 is 0 Å². The quantitative estimate of drug-likeness (QED) is 0.879. The Bertz CT molecular complexity index is 739. The summed E-state index contributed by atoms with van der Waals surface area (Å²) in [5.74, 6) is 0.0459. The topological polar surface area (TPSA) is 67.8 Å². The summed E-state index contributed by atoms with van der Waals surface area (Å²) in [4.78, 5) is 12.2. The molecule has 1 saturated heterocycles. The van der Waals surface area contributed by atoms with Gasteiger partial charge >= 0.3 is 6.09 Å². The molecule has 5 heteroatoms. The Hall–Kier alpha value is -2.37. The molecule has 0 unspecified atom stereocenters. The molecule has 0 spiro atoms. The van der Waals surface area contributed by atoms with Crippen LogP contribution in [0, 0.1) is 0 Å². The van der Waals surface area contributed by atoms with Gasteiger partial charge in [-0.1, -0.05) is 48.5 Å². The van der Waals surface area contributed by atoms with Crippen LogP contribution in [-0.2, 0) is 9.47 Å². The first-order chi connectivity index (χ1) is 12.2. The van der Waals surface area contributed by atoms with Crippen molar-refractivity contribution in [3.05, 3.63) is 59.7 Å². The number of carbonyl (C=O) groups is 1. The van der Waals surface area contributed by atoms with E-state index in [2.05, 4.69) is 29.6 Å². The maximum atomic E-state index is 12.2. The second kappa shape index (κ2) is 6.50. The van der Waals surface area contributed by atoms with Crippen LogP contribution in [0.15, 0.2) is 48.5 Å². The van der Waals surface area contributed by atoms with Crippen molar-refractivity contribution in [3.8, 4) is 11.1 Å². The van der Waals surface area contributed by atoms with Crippen LogP contribution >= 0.6 is 0 Å². The van der Waals surface area contributed by atoms with Gasteiger partial charge in [0.2, 0.25) is 0 Å². The van der Waals surface area contributed by atoms with Gasteiger partial charge in [0.15, 0.2) is 0 Å². The molecule has 2 aliphatic rings. The highest BCUT2D eigenvalue weighted by molar-refractivity contribution is 5.79. The van der Waals surface area contributed by atoms with E-state index in [1.54, 1.807) is 0 Å². The molecule has 4 rings (SSSR count). The third-order valence-electron chi connectivity index (χ3n) is 5.06. The van der Waals surface area contributed by atoms with Crippen LogP contribution in [0.4, 0.5) is 4.79 Å². The second-order valence-electron chi connectivity index (χ2n) is 6.70. The third-order valence-corrected chi connectivity index (χ3v) is 5.06. The number of hydrogen-bond donors (Lipinski definition) is 2. The number of alkyl carbamates (subject to hydrolysis) is 1. The van der Waals surface area contributed by atoms with Crippen LogP contribution in [0.1, 0.15) is 23.5 Å². The van der Waals surface area contributed by atoms with Gasteiger partial charge in [-0.05, 0) is 28.7 Å². The summed E-state index contributed by atoms with van der Waals surface area (Å²) in [6, 6.07) is 16.5. The van der Waals surface area contributed by atoms with E-state index < -0.39 is 11.6 Å². The molecule has 1 aliphatic carbocycles. The van der Waals surface area contributed by atoms with E-state index in [1.807, 2.05) is 24.3 Å². The van der Waals surface area contributed by atoms with Gasteiger partial charge in [-0.15, -0.1) is 0 Å². The Morgan fingerprint density at radius 1 is 1.12 bits per heavy atom. The van der Waals surface area contributed by atoms with Crippen LogP contribution in [-0.4, -0.2) is 43.2 Å². The molecule has 25 heavy (non-hydrogen) atoms. The summed E-state index contributed by atoms with van der Waals surface area (Å²) in [6.07, 6.45) is 0.00982. The van der Waals surface area contributed by atoms with Gasteiger partial charge in [-0.2, -0.15) is 0 Å². The molecule has 5 nitrogen and oxygen atoms in total. The zero-order valence-electron chi connectivity index (χ0n) is 13.9. The lowest BCUT2D eigenvalue weighted by atomic mass is 9.94. The van der Waals surface area contributed by atoms with E-state index in [-0.39, 0.29) is 19.1 Å². The molecule has 0 atom stereocenters. The number of aliphatic hydroxyl groups is 1. The monoisotopic (exact) mass is 339 g/mol. The van der Waals surface area contributed by atoms with Crippen molar-refractivity contribution in [2.75, 3.05) is 26.4 Å². The van der Waals surface area contributed by atoms with Crippen molar-refractivity contribution in [1.29, 1.82) is 0 Å². The number of fused-ring (bicyclic) bond motifs is 3. The predicted octanol–water partition coefficient (Wildman–Crippen LogP) is 2.68. The van der Waals surface area contributed by atoms with Crippen molar-refractivity contribution in [2.45, 2.75) is 17.9 Å². The average molecular weight is 339 g/mol. The largest absolute Gasteiger partial charge is 0.449 e. The normalized spacial score (nSPS) is 17.3. The Morgan fingerprint density at radius 2 is 1.72 bits per heavy atom. The molecular formula is C20H21NO4. The molecule has 0 bridgehead atoms. The number of hydrogen-bond acceptors (Lipinski definition) is 4. The first-order valence-corrected chi connectivity index (χ1v) is 8.54. The third kappa shape index (κ3) is 2.90. The number of carbonyl (C=O) groups excluding carboxylic acids is 1. The Kier molecular flexibility index (Phi) is 4.19. The zero-order chi connectivity index (χ0) is 17.3. The van der Waals surface area contributed by atoms with Crippen LogP contribution < -0.4 is 5.32 Å². The molecule has 1 aliphatic heterocycles. The Labute approximate surface area is 146 Å². The molecule has 130 valence electrons. The van der Waals surface area contributed by atoms with Crippen LogP contribution in [0.3, 0.4) is 0 Å². The predicted molar refractivity (Wildman–Crippen MR) is 93.5 cm³/mol. The lowest BCUT2D eigenvalue weighted by Crippen LogP contribution is -2.62. The van der Waals surface area contributed by atoms with Gasteiger partial charge in [0.25, 0.3) is 0 Å². The van der Waals surface area contributed by atoms with Gasteiger partial charge in [-0.3, -0.25) is 0 Å². The Balaban J connectivity index is 1.47. The summed E-state index contributed by atoms with van der Waals surface area (Å²) in [5.41, 5.74) is 4.30. The molecule has 0 saturated carbocycles. The maximum absolute atomic E-state index is 12.2. The standard InChI is InChI=1S/C20H21NO4/c22-10-9-20(12-24-13-20)21-19(23)25-11-18-16-7-3-1-5-14(16)15-6-2-4-8-17(15)18/h1-8,18,22H,9-13H2,(H,21,23). The highest BCUT2D eigenvalue weighted by Gasteiger charge is 2.40. The second-order valence-corrected chi connectivity index (χ2v) is 6.70. The highest BCUT2D eigenvalue weighted by Crippen LogP contribution is 2.44. The minimum atomic E-state index is -0.489. The molecular weight excluding hydrogens is 318 g/mol. The SMILES string of the molecule is O=C(NC1(CCO)COC1)OCC1c2ccccc2-c2ccccc21. The van der Waals surface area contributed by atoms with Crippen LogP contribution in [0.2, 0.25) is 0 Å². The molecule has 2 N–H and O–H groups in total. The van der Waals surface area contributed by atoms with Gasteiger partial charge in [-0.25, -0.2) is 4.79 Å². The zero-order valence-corrected chi connectivity index (χ0v) is 13.9. The van der Waals surface area contributed by atoms with Crippen molar-refractivity contribution in [3.63, 3.8) is 0 Å². The fraction of sp³-hybridized carbons (Fsp3) is 0.350. The van der Waals surface area contributed by atoms with Gasteiger partial charge in [0, 0.05) is 12.5 Å². The summed E-state index contributed by atoms with van der Waals surface area (Å²) < 4.78 is 10.7. The van der Waals surface area contributed by atoms with Gasteiger partial charge in [0.1, 0.15) is 6.61 Å². The summed E-state index contributed by atoms with van der Waals surface area (Å²) in [5, 5.41) is 12.0. The smallest absolute Gasteiger partial charge is 0.407 e. The number of nitrogens with one attached hydrogen (secondary N) is 1. The lowest BCUT2D eigenvalue weighted by Gasteiger charge is -2.41. The molecule has 2 aromatic rings. The number of amides is 1. The van der Waals surface area contributed by atoms with E-state index in [1.165, 1.54) is 22.3 Å². The summed E-state index contributed by atoms with van der Waals surface area (Å²) in [7, 11) is 0. The molecule has 1 fully saturated rings.